The first-order valence-electron chi connectivity index (χ1n) is 12.7. The summed E-state index contributed by atoms with van der Waals surface area (Å²) in [5.74, 6) is 0.350. The monoisotopic (exact) mass is 510 g/mol. The zero-order valence-corrected chi connectivity index (χ0v) is 21.3. The second-order valence-corrected chi connectivity index (χ2v) is 10.8. The second-order valence-electron chi connectivity index (χ2n) is 10.8. The van der Waals surface area contributed by atoms with Gasteiger partial charge in [-0.15, -0.1) is 0 Å². The first kappa shape index (κ1) is 25.5. The molecule has 4 atom stereocenters. The quantitative estimate of drug-likeness (QED) is 0.405. The highest BCUT2D eigenvalue weighted by molar-refractivity contribution is 6.04. The number of aromatic nitrogens is 4. The fourth-order valence-corrected chi connectivity index (χ4v) is 4.88. The van der Waals surface area contributed by atoms with Crippen molar-refractivity contribution in [3.05, 3.63) is 41.7 Å². The van der Waals surface area contributed by atoms with Crippen LogP contribution in [0.1, 0.15) is 62.2 Å². The largest absolute Gasteiger partial charge is 0.394 e. The van der Waals surface area contributed by atoms with Gasteiger partial charge >= 0.3 is 0 Å². The van der Waals surface area contributed by atoms with E-state index >= 15 is 0 Å². The van der Waals surface area contributed by atoms with E-state index in [4.69, 9.17) is 4.74 Å². The molecule has 1 aromatic carbocycles. The number of anilines is 2. The number of rotatable bonds is 5. The van der Waals surface area contributed by atoms with Gasteiger partial charge in [0.1, 0.15) is 18.3 Å². The molecule has 5 rings (SSSR count). The summed E-state index contributed by atoms with van der Waals surface area (Å²) in [5.41, 5.74) is 2.43. The lowest BCUT2D eigenvalue weighted by Gasteiger charge is -2.28. The molecular formula is C26H34N6O5. The number of carbonyl (C=O) groups excluding carboxylic acids is 1. The van der Waals surface area contributed by atoms with E-state index in [1.54, 1.807) is 12.1 Å². The molecule has 37 heavy (non-hydrogen) atoms. The van der Waals surface area contributed by atoms with Crippen molar-refractivity contribution in [1.82, 2.24) is 19.5 Å². The van der Waals surface area contributed by atoms with E-state index < -0.39 is 31.1 Å². The minimum atomic E-state index is -1.29. The lowest BCUT2D eigenvalue weighted by Crippen LogP contribution is -2.33. The first-order chi connectivity index (χ1) is 17.7. The number of benzene rings is 1. The summed E-state index contributed by atoms with van der Waals surface area (Å²) in [6.07, 6.45) is 0.158. The van der Waals surface area contributed by atoms with Crippen molar-refractivity contribution in [2.75, 3.05) is 29.9 Å². The third-order valence-corrected chi connectivity index (χ3v) is 7.09. The van der Waals surface area contributed by atoms with Crippen LogP contribution in [0.25, 0.3) is 11.2 Å². The Kier molecular flexibility index (Phi) is 6.88. The minimum absolute atomic E-state index is 0.0274. The Morgan fingerprint density at radius 1 is 1.08 bits per heavy atom. The number of carbonyl (C=O) groups is 1. The van der Waals surface area contributed by atoms with Crippen LogP contribution in [0.5, 0.6) is 0 Å². The van der Waals surface area contributed by atoms with Gasteiger partial charge in [-0.2, -0.15) is 9.97 Å². The topological polar surface area (TPSA) is 146 Å². The fraction of sp³-hybridized carbons (Fsp3) is 0.538. The van der Waals surface area contributed by atoms with Crippen LogP contribution in [0.2, 0.25) is 0 Å². The van der Waals surface area contributed by atoms with E-state index in [1.165, 1.54) is 10.9 Å². The van der Waals surface area contributed by atoms with Crippen molar-refractivity contribution in [2.45, 2.75) is 70.0 Å². The number of nitrogens with one attached hydrogen (secondary N) is 1. The fourth-order valence-electron chi connectivity index (χ4n) is 4.88. The molecule has 0 bridgehead atoms. The summed E-state index contributed by atoms with van der Waals surface area (Å²) in [7, 11) is 0. The molecule has 0 radical (unpaired) electrons. The molecule has 3 aromatic rings. The molecule has 11 heteroatoms. The SMILES string of the molecule is CC(C)(C)c1ccc(C(=O)Nc2nc(N3CCCCC3)c3ncn([C@@H]4O[C@H](CO)[C@@H](O)[C@H]4O)c3n2)cc1. The van der Waals surface area contributed by atoms with Crippen LogP contribution in [-0.4, -0.2) is 78.8 Å². The molecule has 11 nitrogen and oxygen atoms in total. The summed E-state index contributed by atoms with van der Waals surface area (Å²) in [6, 6.07) is 7.44. The molecule has 2 saturated heterocycles. The van der Waals surface area contributed by atoms with Crippen molar-refractivity contribution < 1.29 is 24.9 Å². The number of aliphatic hydroxyl groups is 3. The van der Waals surface area contributed by atoms with E-state index in [0.717, 1.165) is 37.9 Å². The highest BCUT2D eigenvalue weighted by atomic mass is 16.6. The summed E-state index contributed by atoms with van der Waals surface area (Å²) in [5, 5.41) is 33.2. The van der Waals surface area contributed by atoms with Gasteiger partial charge in [-0.25, -0.2) is 4.98 Å². The van der Waals surface area contributed by atoms with Gasteiger partial charge in [-0.3, -0.25) is 14.7 Å². The van der Waals surface area contributed by atoms with E-state index in [-0.39, 0.29) is 17.3 Å². The normalized spacial score (nSPS) is 24.5. The Hall–Kier alpha value is -3.12. The van der Waals surface area contributed by atoms with Crippen LogP contribution < -0.4 is 10.2 Å². The standard InChI is InChI=1S/C26H34N6O5/c1-26(2,3)16-9-7-15(8-10-16)23(36)30-25-28-21(31-11-5-4-6-12-31)18-22(29-25)32(14-27-18)24-20(35)19(34)17(13-33)37-24/h7-10,14,17,19-20,24,33-35H,4-6,11-13H2,1-3H3,(H,28,29,30,36)/t17-,19-,20-,24-/m1/s1. The highest BCUT2D eigenvalue weighted by Gasteiger charge is 2.44. The number of hydrogen-bond donors (Lipinski definition) is 4. The third kappa shape index (κ3) is 4.91. The summed E-state index contributed by atoms with van der Waals surface area (Å²) in [4.78, 5) is 29.0. The van der Waals surface area contributed by atoms with Crippen LogP contribution in [0, 0.1) is 0 Å². The number of imidazole rings is 1. The van der Waals surface area contributed by atoms with Crippen LogP contribution in [0.15, 0.2) is 30.6 Å². The van der Waals surface area contributed by atoms with Gasteiger partial charge in [-0.1, -0.05) is 32.9 Å². The van der Waals surface area contributed by atoms with Crippen molar-refractivity contribution in [3.63, 3.8) is 0 Å². The maximum Gasteiger partial charge on any atom is 0.258 e. The minimum Gasteiger partial charge on any atom is -0.394 e. The van der Waals surface area contributed by atoms with Gasteiger partial charge in [0, 0.05) is 18.7 Å². The van der Waals surface area contributed by atoms with Crippen molar-refractivity contribution >= 4 is 28.8 Å². The second kappa shape index (κ2) is 9.97. The molecule has 198 valence electrons. The molecule has 1 amide bonds. The molecule has 2 aliphatic heterocycles. The number of amides is 1. The maximum atomic E-state index is 13.1. The zero-order chi connectivity index (χ0) is 26.3. The predicted molar refractivity (Wildman–Crippen MR) is 137 cm³/mol. The van der Waals surface area contributed by atoms with Crippen molar-refractivity contribution in [3.8, 4) is 0 Å². The summed E-state index contributed by atoms with van der Waals surface area (Å²) >= 11 is 0. The lowest BCUT2D eigenvalue weighted by atomic mass is 9.87. The van der Waals surface area contributed by atoms with Crippen molar-refractivity contribution in [1.29, 1.82) is 0 Å². The van der Waals surface area contributed by atoms with Gasteiger partial charge < -0.3 is 25.0 Å². The Morgan fingerprint density at radius 2 is 1.78 bits per heavy atom. The Labute approximate surface area is 215 Å². The Balaban J connectivity index is 1.51. The van der Waals surface area contributed by atoms with Crippen LogP contribution >= 0.6 is 0 Å². The zero-order valence-electron chi connectivity index (χ0n) is 21.3. The highest BCUT2D eigenvalue weighted by Crippen LogP contribution is 2.34. The summed E-state index contributed by atoms with van der Waals surface area (Å²) < 4.78 is 7.23. The van der Waals surface area contributed by atoms with Gasteiger partial charge in [0.15, 0.2) is 23.2 Å². The van der Waals surface area contributed by atoms with Gasteiger partial charge in [0.25, 0.3) is 5.91 Å². The molecule has 2 aromatic heterocycles. The van der Waals surface area contributed by atoms with Crippen LogP contribution in [0.3, 0.4) is 0 Å². The average Bonchev–Trinajstić information content (AvgIpc) is 3.44. The van der Waals surface area contributed by atoms with Gasteiger partial charge in [0.05, 0.1) is 12.9 Å². The predicted octanol–water partition coefficient (Wildman–Crippen LogP) is 1.98. The van der Waals surface area contributed by atoms with E-state index in [2.05, 4.69) is 45.9 Å². The van der Waals surface area contributed by atoms with E-state index in [9.17, 15) is 20.1 Å². The molecule has 2 aliphatic rings. The average molecular weight is 511 g/mol. The molecule has 0 spiro atoms. The molecular weight excluding hydrogens is 476 g/mol. The number of fused-ring (bicyclic) bond motifs is 1. The number of ether oxygens (including phenoxy) is 1. The lowest BCUT2D eigenvalue weighted by molar-refractivity contribution is -0.0511. The first-order valence-corrected chi connectivity index (χ1v) is 12.7. The van der Waals surface area contributed by atoms with Gasteiger partial charge in [-0.05, 0) is 42.4 Å². The maximum absolute atomic E-state index is 13.1. The molecule has 2 fully saturated rings. The molecule has 4 heterocycles. The Bertz CT molecular complexity index is 1260. The van der Waals surface area contributed by atoms with Gasteiger partial charge in [0.2, 0.25) is 5.95 Å². The van der Waals surface area contributed by atoms with E-state index in [0.29, 0.717) is 22.5 Å². The number of nitrogens with zero attached hydrogens (tertiary/aromatic N) is 5. The van der Waals surface area contributed by atoms with Crippen molar-refractivity contribution in [2.24, 2.45) is 0 Å². The third-order valence-electron chi connectivity index (χ3n) is 7.09. The number of piperidine rings is 1. The molecule has 0 aliphatic carbocycles. The smallest absolute Gasteiger partial charge is 0.258 e. The Morgan fingerprint density at radius 3 is 2.41 bits per heavy atom. The molecule has 4 N–H and O–H groups in total. The van der Waals surface area contributed by atoms with Crippen LogP contribution in [0.4, 0.5) is 11.8 Å². The van der Waals surface area contributed by atoms with E-state index in [1.807, 2.05) is 12.1 Å². The molecule has 0 unspecified atom stereocenters. The number of aliphatic hydroxyl groups excluding tert-OH is 3. The van der Waals surface area contributed by atoms with Crippen LogP contribution in [-0.2, 0) is 10.2 Å². The molecule has 0 saturated carbocycles. The number of hydrogen-bond acceptors (Lipinski definition) is 9. The summed E-state index contributed by atoms with van der Waals surface area (Å²) in [6.45, 7) is 7.50.